The van der Waals surface area contributed by atoms with Crippen LogP contribution in [0.4, 0.5) is 5.69 Å². The first-order chi connectivity index (χ1) is 15.5. The Balaban J connectivity index is 1.81. The fraction of sp³-hybridized carbons (Fsp3) is 0.185. The van der Waals surface area contributed by atoms with Crippen molar-refractivity contribution >= 4 is 11.5 Å². The molecule has 2 N–H and O–H groups in total. The molecule has 5 nitrogen and oxygen atoms in total. The molecule has 0 bridgehead atoms. The number of methoxy groups -OCH3 is 1. The molecule has 0 aliphatic carbocycles. The van der Waals surface area contributed by atoms with Crippen LogP contribution in [-0.4, -0.2) is 22.9 Å². The van der Waals surface area contributed by atoms with E-state index in [9.17, 15) is 4.79 Å². The van der Waals surface area contributed by atoms with Crippen LogP contribution < -0.4 is 10.1 Å². The fourth-order valence-electron chi connectivity index (χ4n) is 4.03. The van der Waals surface area contributed by atoms with Crippen molar-refractivity contribution in [3.63, 3.8) is 0 Å². The van der Waals surface area contributed by atoms with Gasteiger partial charge in [-0.2, -0.15) is 0 Å². The van der Waals surface area contributed by atoms with Gasteiger partial charge in [0.2, 0.25) is 0 Å². The summed E-state index contributed by atoms with van der Waals surface area (Å²) in [5, 5.41) is 3.40. The SMILES string of the molecule is COc1cncc(NC(C(=O)c2c(C)[nH]c(C)c2-c2ccccc2)c2ccc(C)cc2)c1. The normalized spacial score (nSPS) is 11.8. The smallest absolute Gasteiger partial charge is 0.192 e. The Kier molecular flexibility index (Phi) is 6.08. The number of carbonyl (C=O) groups excluding carboxylic acids is 1. The lowest BCUT2D eigenvalue weighted by Gasteiger charge is -2.21. The number of nitrogens with one attached hydrogen (secondary N) is 2. The number of aryl methyl sites for hydroxylation is 3. The highest BCUT2D eigenvalue weighted by Gasteiger charge is 2.28. The molecule has 0 saturated carbocycles. The predicted molar refractivity (Wildman–Crippen MR) is 128 cm³/mol. The average Bonchev–Trinajstić information content (AvgIpc) is 3.12. The molecule has 0 aliphatic heterocycles. The summed E-state index contributed by atoms with van der Waals surface area (Å²) >= 11 is 0. The van der Waals surface area contributed by atoms with Crippen LogP contribution in [-0.2, 0) is 0 Å². The van der Waals surface area contributed by atoms with Crippen LogP contribution in [0.25, 0.3) is 11.1 Å². The van der Waals surface area contributed by atoms with E-state index in [2.05, 4.69) is 15.3 Å². The third kappa shape index (κ3) is 4.28. The minimum atomic E-state index is -0.583. The van der Waals surface area contributed by atoms with E-state index < -0.39 is 6.04 Å². The molecule has 0 radical (unpaired) electrons. The molecule has 0 saturated heterocycles. The predicted octanol–water partition coefficient (Wildman–Crippen LogP) is 6.05. The van der Waals surface area contributed by atoms with E-state index in [1.54, 1.807) is 19.5 Å². The summed E-state index contributed by atoms with van der Waals surface area (Å²) < 4.78 is 5.31. The van der Waals surface area contributed by atoms with Crippen LogP contribution in [0.5, 0.6) is 5.75 Å². The maximum absolute atomic E-state index is 14.1. The summed E-state index contributed by atoms with van der Waals surface area (Å²) in [6.07, 6.45) is 3.34. The second-order valence-electron chi connectivity index (χ2n) is 7.96. The summed E-state index contributed by atoms with van der Waals surface area (Å²) in [5.74, 6) is 0.626. The summed E-state index contributed by atoms with van der Waals surface area (Å²) in [5.41, 5.74) is 7.23. The number of anilines is 1. The molecule has 4 aromatic rings. The van der Waals surface area contributed by atoms with Crippen LogP contribution in [0.2, 0.25) is 0 Å². The van der Waals surface area contributed by atoms with E-state index in [4.69, 9.17) is 4.74 Å². The number of pyridine rings is 1. The van der Waals surface area contributed by atoms with E-state index in [-0.39, 0.29) is 5.78 Å². The molecular weight excluding hydrogens is 398 g/mol. The van der Waals surface area contributed by atoms with Crippen molar-refractivity contribution in [2.45, 2.75) is 26.8 Å². The quantitative estimate of drug-likeness (QED) is 0.354. The van der Waals surface area contributed by atoms with Crippen molar-refractivity contribution in [1.82, 2.24) is 9.97 Å². The van der Waals surface area contributed by atoms with Gasteiger partial charge < -0.3 is 15.0 Å². The Bertz CT molecular complexity index is 1230. The van der Waals surface area contributed by atoms with Crippen molar-refractivity contribution in [3.05, 3.63) is 101 Å². The molecule has 1 unspecified atom stereocenters. The Morgan fingerprint density at radius 1 is 0.969 bits per heavy atom. The van der Waals surface area contributed by atoms with E-state index in [1.165, 1.54) is 0 Å². The second-order valence-corrected chi connectivity index (χ2v) is 7.96. The van der Waals surface area contributed by atoms with Crippen LogP contribution in [0, 0.1) is 20.8 Å². The van der Waals surface area contributed by atoms with E-state index in [0.717, 1.165) is 39.3 Å². The number of hydrogen-bond acceptors (Lipinski definition) is 4. The molecule has 2 aromatic heterocycles. The standard InChI is InChI=1S/C27H27N3O2/c1-17-10-12-21(13-11-17)26(30-22-14-23(32-4)16-28-15-22)27(31)25-19(3)29-18(2)24(25)20-8-6-5-7-9-20/h5-16,26,29-30H,1-4H3. The zero-order valence-corrected chi connectivity index (χ0v) is 18.8. The molecule has 2 heterocycles. The Morgan fingerprint density at radius 2 is 1.69 bits per heavy atom. The van der Waals surface area contributed by atoms with E-state index in [1.807, 2.05) is 81.4 Å². The minimum absolute atomic E-state index is 0.00243. The molecule has 2 aromatic carbocycles. The molecule has 32 heavy (non-hydrogen) atoms. The average molecular weight is 426 g/mol. The Hall–Kier alpha value is -3.86. The molecule has 162 valence electrons. The fourth-order valence-corrected chi connectivity index (χ4v) is 4.03. The van der Waals surface area contributed by atoms with Crippen LogP contribution in [0.3, 0.4) is 0 Å². The van der Waals surface area contributed by atoms with Crippen molar-refractivity contribution in [3.8, 4) is 16.9 Å². The maximum Gasteiger partial charge on any atom is 0.192 e. The zero-order chi connectivity index (χ0) is 22.7. The number of ketones is 1. The van der Waals surface area contributed by atoms with Gasteiger partial charge in [0.05, 0.1) is 25.2 Å². The maximum atomic E-state index is 14.1. The number of ether oxygens (including phenoxy) is 1. The monoisotopic (exact) mass is 425 g/mol. The Morgan fingerprint density at radius 3 is 2.38 bits per heavy atom. The highest BCUT2D eigenvalue weighted by atomic mass is 16.5. The van der Waals surface area contributed by atoms with Gasteiger partial charge >= 0.3 is 0 Å². The van der Waals surface area contributed by atoms with Crippen molar-refractivity contribution in [2.75, 3.05) is 12.4 Å². The number of H-pyrrole nitrogens is 1. The van der Waals surface area contributed by atoms with Crippen molar-refractivity contribution in [2.24, 2.45) is 0 Å². The summed E-state index contributed by atoms with van der Waals surface area (Å²) in [7, 11) is 1.60. The van der Waals surface area contributed by atoms with Gasteiger partial charge in [-0.15, -0.1) is 0 Å². The number of carbonyl (C=O) groups is 1. The van der Waals surface area contributed by atoms with Gasteiger partial charge in [0, 0.05) is 28.6 Å². The molecule has 4 rings (SSSR count). The minimum Gasteiger partial charge on any atom is -0.495 e. The number of nitrogens with zero attached hydrogens (tertiary/aromatic N) is 1. The number of hydrogen-bond donors (Lipinski definition) is 2. The number of rotatable bonds is 7. The van der Waals surface area contributed by atoms with Crippen LogP contribution >= 0.6 is 0 Å². The van der Waals surface area contributed by atoms with E-state index >= 15 is 0 Å². The summed E-state index contributed by atoms with van der Waals surface area (Å²) in [6.45, 7) is 5.99. The third-order valence-electron chi connectivity index (χ3n) is 5.62. The number of benzene rings is 2. The largest absolute Gasteiger partial charge is 0.495 e. The molecular formula is C27H27N3O2. The number of aromatic amines is 1. The first kappa shape index (κ1) is 21.4. The van der Waals surface area contributed by atoms with Gasteiger partial charge in [0.15, 0.2) is 5.78 Å². The molecule has 1 atom stereocenters. The molecule has 0 spiro atoms. The molecule has 5 heteroatoms. The topological polar surface area (TPSA) is 67.0 Å². The first-order valence-corrected chi connectivity index (χ1v) is 10.6. The zero-order valence-electron chi connectivity index (χ0n) is 18.8. The van der Waals surface area contributed by atoms with Gasteiger partial charge in [-0.3, -0.25) is 9.78 Å². The van der Waals surface area contributed by atoms with E-state index in [0.29, 0.717) is 11.3 Å². The lowest BCUT2D eigenvalue weighted by molar-refractivity contribution is 0.0969. The number of Topliss-reactive ketones (excluding diaryl/α,β-unsaturated/α-hetero) is 1. The van der Waals surface area contributed by atoms with Crippen molar-refractivity contribution in [1.29, 1.82) is 0 Å². The second kappa shape index (κ2) is 9.10. The lowest BCUT2D eigenvalue weighted by Crippen LogP contribution is -2.22. The van der Waals surface area contributed by atoms with Gasteiger partial charge in [-0.25, -0.2) is 0 Å². The summed E-state index contributed by atoms with van der Waals surface area (Å²) in [6, 6.07) is 19.3. The van der Waals surface area contributed by atoms with Gasteiger partial charge in [-0.1, -0.05) is 60.2 Å². The van der Waals surface area contributed by atoms with Gasteiger partial charge in [-0.05, 0) is 31.9 Å². The third-order valence-corrected chi connectivity index (χ3v) is 5.62. The molecule has 0 aliphatic rings. The highest BCUT2D eigenvalue weighted by molar-refractivity contribution is 6.08. The first-order valence-electron chi connectivity index (χ1n) is 10.6. The van der Waals surface area contributed by atoms with Crippen LogP contribution in [0.1, 0.15) is 38.9 Å². The molecule has 0 fully saturated rings. The van der Waals surface area contributed by atoms with Crippen LogP contribution in [0.15, 0.2) is 73.1 Å². The Labute approximate surface area is 188 Å². The summed E-state index contributed by atoms with van der Waals surface area (Å²) in [4.78, 5) is 21.7. The highest BCUT2D eigenvalue weighted by Crippen LogP contribution is 2.34. The lowest BCUT2D eigenvalue weighted by atomic mass is 9.91. The number of aromatic nitrogens is 2. The molecule has 0 amide bonds. The van der Waals surface area contributed by atoms with Gasteiger partial charge in [0.25, 0.3) is 0 Å². The van der Waals surface area contributed by atoms with Gasteiger partial charge in [0.1, 0.15) is 11.8 Å². The van der Waals surface area contributed by atoms with Crippen molar-refractivity contribution < 1.29 is 9.53 Å².